The first-order valence-corrected chi connectivity index (χ1v) is 10.5. The molecule has 6 nitrogen and oxygen atoms in total. The third kappa shape index (κ3) is 5.91. The van der Waals surface area contributed by atoms with Crippen molar-refractivity contribution in [2.24, 2.45) is 11.8 Å². The van der Waals surface area contributed by atoms with Crippen LogP contribution in [0.4, 0.5) is 13.2 Å². The zero-order chi connectivity index (χ0) is 23.3. The lowest BCUT2D eigenvalue weighted by atomic mass is 9.77. The van der Waals surface area contributed by atoms with E-state index in [-0.39, 0.29) is 5.91 Å². The second-order valence-electron chi connectivity index (χ2n) is 8.30. The quantitative estimate of drug-likeness (QED) is 0.750. The normalized spacial score (nSPS) is 22.8. The van der Waals surface area contributed by atoms with Crippen molar-refractivity contribution < 1.29 is 32.3 Å². The first kappa shape index (κ1) is 23.8. The number of hydrogen-bond acceptors (Lipinski definition) is 4. The molecule has 1 N–H and O–H groups in total. The lowest BCUT2D eigenvalue weighted by Gasteiger charge is -2.38. The van der Waals surface area contributed by atoms with Gasteiger partial charge in [-0.3, -0.25) is 9.69 Å². The molecule has 1 amide bonds. The monoisotopic (exact) mass is 452 g/mol. The molecule has 2 aromatic rings. The van der Waals surface area contributed by atoms with Gasteiger partial charge in [-0.2, -0.15) is 13.2 Å². The zero-order valence-corrected chi connectivity index (χ0v) is 17.8. The molecule has 0 bridgehead atoms. The number of carbonyl (C=O) groups excluding carboxylic acids is 1. The minimum absolute atomic E-state index is 0.183. The summed E-state index contributed by atoms with van der Waals surface area (Å²) in [4.78, 5) is 26.2. The number of furan rings is 1. The Balaban J connectivity index is 0.000000360. The van der Waals surface area contributed by atoms with Crippen LogP contribution in [0.2, 0.25) is 0 Å². The van der Waals surface area contributed by atoms with E-state index in [9.17, 15) is 18.0 Å². The van der Waals surface area contributed by atoms with Gasteiger partial charge in [0.15, 0.2) is 0 Å². The smallest absolute Gasteiger partial charge is 0.475 e. The summed E-state index contributed by atoms with van der Waals surface area (Å²) in [5.41, 5.74) is 0.807. The van der Waals surface area contributed by atoms with Gasteiger partial charge in [0.05, 0.1) is 12.8 Å². The predicted octanol–water partition coefficient (Wildman–Crippen LogP) is 4.29. The van der Waals surface area contributed by atoms with Gasteiger partial charge in [0, 0.05) is 24.7 Å². The minimum atomic E-state index is -5.08. The Hall–Kier alpha value is -2.81. The van der Waals surface area contributed by atoms with Crippen molar-refractivity contribution in [3.05, 3.63) is 60.1 Å². The first-order chi connectivity index (χ1) is 15.2. The number of hydrogen-bond donors (Lipinski definition) is 1. The molecule has 1 aliphatic heterocycles. The summed E-state index contributed by atoms with van der Waals surface area (Å²) in [5, 5.41) is 7.12. The number of carboxylic acids is 1. The van der Waals surface area contributed by atoms with Crippen LogP contribution in [0.15, 0.2) is 53.1 Å². The highest BCUT2D eigenvalue weighted by atomic mass is 19.4. The molecular weight excluding hydrogens is 425 g/mol. The summed E-state index contributed by atoms with van der Waals surface area (Å²) in [7, 11) is 2.19. The van der Waals surface area contributed by atoms with Crippen LogP contribution >= 0.6 is 0 Å². The maximum atomic E-state index is 12.8. The van der Waals surface area contributed by atoms with Crippen molar-refractivity contribution in [3.63, 3.8) is 0 Å². The van der Waals surface area contributed by atoms with Gasteiger partial charge in [0.2, 0.25) is 0 Å². The number of carbonyl (C=O) groups is 2. The third-order valence-corrected chi connectivity index (χ3v) is 6.16. The van der Waals surface area contributed by atoms with Gasteiger partial charge < -0.3 is 14.4 Å². The van der Waals surface area contributed by atoms with E-state index in [1.807, 2.05) is 42.5 Å². The molecule has 1 aliphatic carbocycles. The Labute approximate surface area is 184 Å². The Morgan fingerprint density at radius 3 is 2.41 bits per heavy atom. The molecule has 3 atom stereocenters. The van der Waals surface area contributed by atoms with Gasteiger partial charge in [-0.25, -0.2) is 4.79 Å². The number of amides is 1. The van der Waals surface area contributed by atoms with Crippen molar-refractivity contribution in [2.45, 2.75) is 38.0 Å². The van der Waals surface area contributed by atoms with E-state index in [0.717, 1.165) is 31.0 Å². The summed E-state index contributed by atoms with van der Waals surface area (Å²) in [6, 6.07) is 14.2. The standard InChI is InChI=1S/C21H26N2O2.C2HF3O2/c1-22(14-18-10-6-12-25-18)20-11-5-9-17-13-23(15-19(17)20)21(24)16-7-3-2-4-8-16;3-2(4,5)1(6)7/h2-4,6-8,10,12,17,19-20H,5,9,11,13-15H2,1H3;(H,6,7). The lowest BCUT2D eigenvalue weighted by molar-refractivity contribution is -0.192. The molecule has 1 saturated carbocycles. The van der Waals surface area contributed by atoms with Gasteiger partial charge in [0.1, 0.15) is 5.76 Å². The molecule has 1 saturated heterocycles. The topological polar surface area (TPSA) is 74.0 Å². The van der Waals surface area contributed by atoms with Crippen LogP contribution in [-0.2, 0) is 11.3 Å². The highest BCUT2D eigenvalue weighted by Gasteiger charge is 2.43. The molecule has 2 heterocycles. The summed E-state index contributed by atoms with van der Waals surface area (Å²) in [5.74, 6) is -0.360. The molecular formula is C23H27F3N2O4. The van der Waals surface area contributed by atoms with Crippen LogP contribution in [-0.4, -0.2) is 59.1 Å². The molecule has 3 unspecified atom stereocenters. The van der Waals surface area contributed by atoms with Crippen molar-refractivity contribution >= 4 is 11.9 Å². The fourth-order valence-corrected chi connectivity index (χ4v) is 4.68. The summed E-state index contributed by atoms with van der Waals surface area (Å²) < 4.78 is 37.3. The minimum Gasteiger partial charge on any atom is -0.475 e. The van der Waals surface area contributed by atoms with E-state index >= 15 is 0 Å². The van der Waals surface area contributed by atoms with E-state index in [1.54, 1.807) is 6.26 Å². The van der Waals surface area contributed by atoms with Gasteiger partial charge in [0.25, 0.3) is 5.91 Å². The van der Waals surface area contributed by atoms with Gasteiger partial charge in [-0.05, 0) is 56.0 Å². The van der Waals surface area contributed by atoms with Crippen molar-refractivity contribution in [1.82, 2.24) is 9.80 Å². The van der Waals surface area contributed by atoms with Gasteiger partial charge in [-0.1, -0.05) is 24.6 Å². The van der Waals surface area contributed by atoms with Gasteiger partial charge in [-0.15, -0.1) is 0 Å². The van der Waals surface area contributed by atoms with Crippen LogP contribution in [0.25, 0.3) is 0 Å². The number of fused-ring (bicyclic) bond motifs is 1. The molecule has 4 rings (SSSR count). The third-order valence-electron chi connectivity index (χ3n) is 6.16. The Morgan fingerprint density at radius 1 is 1.12 bits per heavy atom. The van der Waals surface area contributed by atoms with Crippen LogP contribution in [0, 0.1) is 11.8 Å². The maximum absolute atomic E-state index is 12.8. The van der Waals surface area contributed by atoms with Crippen LogP contribution in [0.1, 0.15) is 35.4 Å². The first-order valence-electron chi connectivity index (χ1n) is 10.5. The molecule has 32 heavy (non-hydrogen) atoms. The second-order valence-corrected chi connectivity index (χ2v) is 8.30. The highest BCUT2D eigenvalue weighted by Crippen LogP contribution is 2.39. The van der Waals surface area contributed by atoms with E-state index in [2.05, 4.69) is 16.8 Å². The maximum Gasteiger partial charge on any atom is 0.490 e. The number of carboxylic acid groups (broad SMARTS) is 1. The summed E-state index contributed by atoms with van der Waals surface area (Å²) in [6.07, 6.45) is 0.366. The fraction of sp³-hybridized carbons (Fsp3) is 0.478. The number of rotatable bonds is 4. The van der Waals surface area contributed by atoms with Gasteiger partial charge >= 0.3 is 12.1 Å². The molecule has 9 heteroatoms. The molecule has 174 valence electrons. The Kier molecular flexibility index (Phi) is 7.60. The van der Waals surface area contributed by atoms with Crippen LogP contribution in [0.5, 0.6) is 0 Å². The predicted molar refractivity (Wildman–Crippen MR) is 111 cm³/mol. The Morgan fingerprint density at radius 2 is 1.81 bits per heavy atom. The van der Waals surface area contributed by atoms with Crippen LogP contribution < -0.4 is 0 Å². The largest absolute Gasteiger partial charge is 0.490 e. The zero-order valence-electron chi connectivity index (χ0n) is 17.8. The highest BCUT2D eigenvalue weighted by molar-refractivity contribution is 5.94. The number of likely N-dealkylation sites (tertiary alicyclic amines) is 1. The summed E-state index contributed by atoms with van der Waals surface area (Å²) in [6.45, 7) is 2.63. The molecule has 1 aromatic heterocycles. The Bertz CT molecular complexity index is 886. The number of benzene rings is 1. The van der Waals surface area contributed by atoms with Crippen molar-refractivity contribution in [1.29, 1.82) is 0 Å². The lowest BCUT2D eigenvalue weighted by Crippen LogP contribution is -2.43. The van der Waals surface area contributed by atoms with Crippen molar-refractivity contribution in [3.8, 4) is 0 Å². The molecule has 2 aliphatic rings. The van der Waals surface area contributed by atoms with Crippen LogP contribution in [0.3, 0.4) is 0 Å². The SMILES string of the molecule is CN(Cc1ccco1)C1CCCC2CN(C(=O)c3ccccc3)CC21.O=C(O)C(F)(F)F. The molecule has 0 radical (unpaired) electrons. The number of aliphatic carboxylic acids is 1. The average molecular weight is 452 g/mol. The second kappa shape index (κ2) is 10.2. The number of nitrogens with zero attached hydrogens (tertiary/aromatic N) is 2. The molecule has 0 spiro atoms. The fourth-order valence-electron chi connectivity index (χ4n) is 4.68. The van der Waals surface area contributed by atoms with Crippen molar-refractivity contribution in [2.75, 3.05) is 20.1 Å². The van der Waals surface area contributed by atoms with E-state index in [0.29, 0.717) is 17.9 Å². The van der Waals surface area contributed by atoms with E-state index < -0.39 is 12.1 Å². The van der Waals surface area contributed by atoms with E-state index in [4.69, 9.17) is 14.3 Å². The summed E-state index contributed by atoms with van der Waals surface area (Å²) >= 11 is 0. The number of alkyl halides is 3. The number of halogens is 3. The molecule has 1 aromatic carbocycles. The van der Waals surface area contributed by atoms with E-state index in [1.165, 1.54) is 19.3 Å². The average Bonchev–Trinajstić information content (AvgIpc) is 3.43. The molecule has 2 fully saturated rings.